The number of rotatable bonds is 12. The number of halogens is 1. The van der Waals surface area contributed by atoms with Gasteiger partial charge in [0.1, 0.15) is 5.75 Å². The van der Waals surface area contributed by atoms with Crippen LogP contribution in [0.2, 0.25) is 5.15 Å². The van der Waals surface area contributed by atoms with Crippen molar-refractivity contribution in [3.05, 3.63) is 76.1 Å². The molecule has 2 aromatic carbocycles. The van der Waals surface area contributed by atoms with Gasteiger partial charge in [-0.3, -0.25) is 4.79 Å². The lowest BCUT2D eigenvalue weighted by molar-refractivity contribution is -0.933. The highest BCUT2D eigenvalue weighted by atomic mass is 35.5. The molecule has 4 rings (SSSR count). The van der Waals surface area contributed by atoms with Crippen LogP contribution in [0, 0.1) is 0 Å². The Morgan fingerprint density at radius 2 is 1.64 bits per heavy atom. The predicted molar refractivity (Wildman–Crippen MR) is 163 cm³/mol. The van der Waals surface area contributed by atoms with E-state index in [1.165, 1.54) is 31.9 Å². The molecule has 0 saturated carbocycles. The SMILES string of the molecule is COC(=O)c1ccc(C(CC[N+]2(CCCc3ccc(OC)cc3)CCCCC2)NC(=O)c2nc(Cl)c(N)nc2N)cc1. The van der Waals surface area contributed by atoms with Gasteiger partial charge < -0.3 is 30.7 Å². The topological polar surface area (TPSA) is 142 Å². The minimum absolute atomic E-state index is 0.0353. The predicted octanol–water partition coefficient (Wildman–Crippen LogP) is 4.58. The van der Waals surface area contributed by atoms with Gasteiger partial charge >= 0.3 is 5.97 Å². The monoisotopic (exact) mass is 595 g/mol. The van der Waals surface area contributed by atoms with Crippen LogP contribution in [0.15, 0.2) is 48.5 Å². The van der Waals surface area contributed by atoms with E-state index in [2.05, 4.69) is 27.4 Å². The quantitative estimate of drug-likeness (QED) is 0.204. The second-order valence-electron chi connectivity index (χ2n) is 10.8. The molecule has 3 aromatic rings. The number of nitrogen functional groups attached to an aromatic ring is 2. The fourth-order valence-electron chi connectivity index (χ4n) is 5.68. The summed E-state index contributed by atoms with van der Waals surface area (Å²) in [5.41, 5.74) is 14.2. The van der Waals surface area contributed by atoms with Crippen LogP contribution in [-0.2, 0) is 11.2 Å². The molecule has 1 aliphatic heterocycles. The molecule has 1 saturated heterocycles. The van der Waals surface area contributed by atoms with Gasteiger partial charge in [0.05, 0.1) is 52.0 Å². The molecule has 1 atom stereocenters. The Balaban J connectivity index is 1.52. The van der Waals surface area contributed by atoms with E-state index in [4.69, 9.17) is 32.5 Å². The van der Waals surface area contributed by atoms with Crippen molar-refractivity contribution in [2.24, 2.45) is 0 Å². The number of benzene rings is 2. The number of quaternary nitrogens is 1. The number of aryl methyl sites for hydroxylation is 1. The summed E-state index contributed by atoms with van der Waals surface area (Å²) in [6.45, 7) is 4.16. The third kappa shape index (κ3) is 7.89. The Bertz CT molecular complexity index is 1360. The fourth-order valence-corrected chi connectivity index (χ4v) is 5.81. The molecule has 1 unspecified atom stereocenters. The number of nitrogens with one attached hydrogen (secondary N) is 1. The standard InChI is InChI=1S/C31H39ClN6O4/c1-41-24-14-8-21(9-15-24)7-6-19-38(17-4-3-5-18-38)20-16-25(22-10-12-23(13-11-22)31(40)42-2)35-30(39)26-28(33)37-29(34)27(32)36-26/h8-15,25H,3-7,16-20H2,1-2H3,(H4-,33,34,35,37,39)/p+1. The van der Waals surface area contributed by atoms with Crippen molar-refractivity contribution in [3.63, 3.8) is 0 Å². The van der Waals surface area contributed by atoms with Gasteiger partial charge in [0.25, 0.3) is 5.91 Å². The fraction of sp³-hybridized carbons (Fsp3) is 0.419. The number of ether oxygens (including phenoxy) is 2. The van der Waals surface area contributed by atoms with Crippen LogP contribution in [0.3, 0.4) is 0 Å². The van der Waals surface area contributed by atoms with E-state index < -0.39 is 11.9 Å². The lowest BCUT2D eigenvalue weighted by atomic mass is 9.98. The highest BCUT2D eigenvalue weighted by Crippen LogP contribution is 2.27. The molecule has 0 bridgehead atoms. The number of amides is 1. The molecule has 224 valence electrons. The van der Waals surface area contributed by atoms with Crippen molar-refractivity contribution < 1.29 is 23.5 Å². The number of nitrogens with two attached hydrogens (primary N) is 2. The highest BCUT2D eigenvalue weighted by molar-refractivity contribution is 6.31. The number of hydrogen-bond acceptors (Lipinski definition) is 8. The van der Waals surface area contributed by atoms with Crippen LogP contribution >= 0.6 is 11.6 Å². The first kappa shape index (κ1) is 31.1. The number of aromatic nitrogens is 2. The number of esters is 1. The largest absolute Gasteiger partial charge is 0.497 e. The van der Waals surface area contributed by atoms with Crippen molar-refractivity contribution in [1.29, 1.82) is 0 Å². The number of carbonyl (C=O) groups is 2. The molecule has 1 amide bonds. The Morgan fingerprint density at radius 3 is 2.29 bits per heavy atom. The van der Waals surface area contributed by atoms with Crippen LogP contribution in [0.5, 0.6) is 5.75 Å². The van der Waals surface area contributed by atoms with Crippen molar-refractivity contribution in [2.45, 2.75) is 44.6 Å². The second-order valence-corrected chi connectivity index (χ2v) is 11.2. The number of hydrogen-bond donors (Lipinski definition) is 3. The average molecular weight is 596 g/mol. The third-order valence-electron chi connectivity index (χ3n) is 8.07. The maximum absolute atomic E-state index is 13.4. The average Bonchev–Trinajstić information content (AvgIpc) is 3.01. The summed E-state index contributed by atoms with van der Waals surface area (Å²) < 4.78 is 11.1. The summed E-state index contributed by atoms with van der Waals surface area (Å²) in [5, 5.41) is 3.01. The lowest BCUT2D eigenvalue weighted by Gasteiger charge is -2.42. The molecule has 11 heteroatoms. The zero-order valence-electron chi connectivity index (χ0n) is 24.3. The summed E-state index contributed by atoms with van der Waals surface area (Å²) in [6, 6.07) is 15.0. The summed E-state index contributed by atoms with van der Waals surface area (Å²) in [4.78, 5) is 33.4. The van der Waals surface area contributed by atoms with E-state index >= 15 is 0 Å². The van der Waals surface area contributed by atoms with Crippen LogP contribution in [-0.4, -0.2) is 66.7 Å². The smallest absolute Gasteiger partial charge is 0.337 e. The van der Waals surface area contributed by atoms with Crippen LogP contribution in [0.1, 0.15) is 70.1 Å². The van der Waals surface area contributed by atoms with E-state index in [1.54, 1.807) is 19.2 Å². The molecule has 42 heavy (non-hydrogen) atoms. The molecule has 0 radical (unpaired) electrons. The van der Waals surface area contributed by atoms with Crippen molar-refractivity contribution in [1.82, 2.24) is 15.3 Å². The number of likely N-dealkylation sites (tertiary alicyclic amines) is 1. The summed E-state index contributed by atoms with van der Waals surface area (Å²) >= 11 is 6.05. The summed E-state index contributed by atoms with van der Waals surface area (Å²) in [7, 11) is 3.02. The maximum Gasteiger partial charge on any atom is 0.337 e. The minimum atomic E-state index is -0.492. The second kappa shape index (κ2) is 14.3. The first-order valence-electron chi connectivity index (χ1n) is 14.3. The van der Waals surface area contributed by atoms with Gasteiger partial charge in [-0.15, -0.1) is 0 Å². The number of piperidine rings is 1. The van der Waals surface area contributed by atoms with E-state index in [0.717, 1.165) is 54.8 Å². The lowest BCUT2D eigenvalue weighted by Crippen LogP contribution is -2.53. The maximum atomic E-state index is 13.4. The van der Waals surface area contributed by atoms with Crippen LogP contribution in [0.25, 0.3) is 0 Å². The van der Waals surface area contributed by atoms with Crippen molar-refractivity contribution >= 4 is 35.1 Å². The summed E-state index contributed by atoms with van der Waals surface area (Å²) in [5.74, 6) is -0.177. The summed E-state index contributed by atoms with van der Waals surface area (Å²) in [6.07, 6.45) is 6.35. The molecular formula is C31H40ClN6O4+. The van der Waals surface area contributed by atoms with Gasteiger partial charge in [-0.1, -0.05) is 35.9 Å². The Hall–Kier alpha value is -3.89. The molecule has 5 N–H and O–H groups in total. The van der Waals surface area contributed by atoms with Gasteiger partial charge in [-0.05, 0) is 61.1 Å². The first-order valence-corrected chi connectivity index (χ1v) is 14.7. The molecule has 2 heterocycles. The van der Waals surface area contributed by atoms with E-state index in [0.29, 0.717) is 12.0 Å². The Morgan fingerprint density at radius 1 is 0.952 bits per heavy atom. The molecular weight excluding hydrogens is 556 g/mol. The van der Waals surface area contributed by atoms with E-state index in [1.807, 2.05) is 24.3 Å². The van der Waals surface area contributed by atoms with Crippen molar-refractivity contribution in [2.75, 3.05) is 51.9 Å². The zero-order chi connectivity index (χ0) is 30.1. The van der Waals surface area contributed by atoms with E-state index in [-0.39, 0.29) is 28.5 Å². The number of nitrogens with zero attached hydrogens (tertiary/aromatic N) is 3. The molecule has 10 nitrogen and oxygen atoms in total. The minimum Gasteiger partial charge on any atom is -0.497 e. The highest BCUT2D eigenvalue weighted by Gasteiger charge is 2.31. The molecule has 0 aliphatic carbocycles. The Labute approximate surface area is 252 Å². The zero-order valence-corrected chi connectivity index (χ0v) is 25.0. The molecule has 1 aliphatic rings. The number of anilines is 2. The molecule has 0 spiro atoms. The van der Waals surface area contributed by atoms with Gasteiger partial charge in [0.2, 0.25) is 0 Å². The van der Waals surface area contributed by atoms with Gasteiger partial charge in [0, 0.05) is 12.8 Å². The first-order chi connectivity index (χ1) is 20.2. The normalized spacial score (nSPS) is 15.0. The van der Waals surface area contributed by atoms with Gasteiger partial charge in [-0.25, -0.2) is 14.8 Å². The third-order valence-corrected chi connectivity index (χ3v) is 8.35. The van der Waals surface area contributed by atoms with E-state index in [9.17, 15) is 9.59 Å². The molecule has 1 fully saturated rings. The number of carbonyl (C=O) groups excluding carboxylic acids is 2. The Kier molecular flexibility index (Phi) is 10.6. The van der Waals surface area contributed by atoms with Crippen molar-refractivity contribution in [3.8, 4) is 5.75 Å². The van der Waals surface area contributed by atoms with Crippen LogP contribution < -0.4 is 21.5 Å². The van der Waals surface area contributed by atoms with Gasteiger partial charge in [-0.2, -0.15) is 0 Å². The molecule has 1 aromatic heterocycles. The van der Waals surface area contributed by atoms with Crippen LogP contribution in [0.4, 0.5) is 11.6 Å². The van der Waals surface area contributed by atoms with Gasteiger partial charge in [0.15, 0.2) is 22.5 Å². The number of methoxy groups -OCH3 is 2.